The highest BCUT2D eigenvalue weighted by molar-refractivity contribution is 7.90. The monoisotopic (exact) mass is 307 g/mol. The fourth-order valence-electron chi connectivity index (χ4n) is 1.73. The smallest absolute Gasteiger partial charge is 0.339 e. The minimum Gasteiger partial charge on any atom is -0.478 e. The Bertz CT molecular complexity index is 799. The molecule has 0 radical (unpaired) electrons. The number of carboxylic acids is 1. The van der Waals surface area contributed by atoms with Crippen LogP contribution < -0.4 is 4.74 Å². The number of ether oxygens (including phenoxy) is 1. The van der Waals surface area contributed by atoms with Crippen LogP contribution in [0.25, 0.3) is 0 Å². The van der Waals surface area contributed by atoms with Crippen LogP contribution in [0.1, 0.15) is 15.9 Å². The van der Waals surface area contributed by atoms with Gasteiger partial charge in [-0.25, -0.2) is 18.2 Å². The molecule has 0 amide bonds. The van der Waals surface area contributed by atoms with E-state index in [9.17, 15) is 13.2 Å². The summed E-state index contributed by atoms with van der Waals surface area (Å²) >= 11 is 0. The van der Waals surface area contributed by atoms with Gasteiger partial charge in [0.1, 0.15) is 16.2 Å². The normalized spacial score (nSPS) is 11.1. The van der Waals surface area contributed by atoms with Gasteiger partial charge >= 0.3 is 5.97 Å². The minimum atomic E-state index is -3.53. The van der Waals surface area contributed by atoms with Gasteiger partial charge in [0.25, 0.3) is 0 Å². The number of aryl methyl sites for hydroxylation is 1. The van der Waals surface area contributed by atoms with Crippen molar-refractivity contribution >= 4 is 15.8 Å². The predicted octanol–water partition coefficient (Wildman–Crippen LogP) is 2.28. The van der Waals surface area contributed by atoms with Gasteiger partial charge in [-0.3, -0.25) is 0 Å². The number of nitrogens with zero attached hydrogens (tertiary/aromatic N) is 1. The van der Waals surface area contributed by atoms with Crippen LogP contribution in [0.4, 0.5) is 0 Å². The lowest BCUT2D eigenvalue weighted by Gasteiger charge is -2.11. The summed E-state index contributed by atoms with van der Waals surface area (Å²) in [7, 11) is -3.53. The maximum atomic E-state index is 11.7. The molecule has 0 atom stereocenters. The average Bonchev–Trinajstić information content (AvgIpc) is 2.37. The molecule has 2 rings (SSSR count). The van der Waals surface area contributed by atoms with Gasteiger partial charge in [-0.15, -0.1) is 0 Å². The summed E-state index contributed by atoms with van der Waals surface area (Å²) < 4.78 is 28.8. The zero-order valence-corrected chi connectivity index (χ0v) is 12.2. The maximum Gasteiger partial charge on any atom is 0.339 e. The Morgan fingerprint density at radius 1 is 1.29 bits per heavy atom. The number of rotatable bonds is 4. The number of carbonyl (C=O) groups is 1. The van der Waals surface area contributed by atoms with Crippen molar-refractivity contribution in [3.63, 3.8) is 0 Å². The van der Waals surface area contributed by atoms with Crippen molar-refractivity contribution < 1.29 is 23.1 Å². The molecule has 110 valence electrons. The van der Waals surface area contributed by atoms with Crippen LogP contribution in [-0.2, 0) is 9.84 Å². The lowest BCUT2D eigenvalue weighted by molar-refractivity contribution is 0.0694. The Balaban J connectivity index is 2.54. The Kier molecular flexibility index (Phi) is 3.95. The summed E-state index contributed by atoms with van der Waals surface area (Å²) in [6.45, 7) is 1.77. The van der Waals surface area contributed by atoms with Gasteiger partial charge in [0.2, 0.25) is 5.88 Å². The highest BCUT2D eigenvalue weighted by Gasteiger charge is 2.19. The van der Waals surface area contributed by atoms with Crippen molar-refractivity contribution in [2.45, 2.75) is 11.8 Å². The number of pyridine rings is 1. The predicted molar refractivity (Wildman–Crippen MR) is 75.6 cm³/mol. The topological polar surface area (TPSA) is 93.6 Å². The van der Waals surface area contributed by atoms with E-state index >= 15 is 0 Å². The van der Waals surface area contributed by atoms with E-state index in [-0.39, 0.29) is 22.1 Å². The molecule has 21 heavy (non-hydrogen) atoms. The van der Waals surface area contributed by atoms with Crippen LogP contribution in [0, 0.1) is 6.92 Å². The van der Waals surface area contributed by atoms with Crippen molar-refractivity contribution in [3.05, 3.63) is 47.7 Å². The highest BCUT2D eigenvalue weighted by Crippen LogP contribution is 2.29. The summed E-state index contributed by atoms with van der Waals surface area (Å²) in [5.41, 5.74) is 0.720. The van der Waals surface area contributed by atoms with Crippen LogP contribution in [0.15, 0.2) is 41.4 Å². The van der Waals surface area contributed by atoms with Crippen molar-refractivity contribution in [3.8, 4) is 11.6 Å². The van der Waals surface area contributed by atoms with Crippen molar-refractivity contribution in [1.82, 2.24) is 4.98 Å². The first-order valence-corrected chi connectivity index (χ1v) is 7.85. The van der Waals surface area contributed by atoms with Gasteiger partial charge in [-0.1, -0.05) is 6.07 Å². The quantitative estimate of drug-likeness (QED) is 0.931. The molecule has 1 aromatic heterocycles. The molecule has 1 N–H and O–H groups in total. The third-order valence-electron chi connectivity index (χ3n) is 2.71. The summed E-state index contributed by atoms with van der Waals surface area (Å²) in [5, 5.41) is 9.15. The first-order chi connectivity index (χ1) is 9.79. The van der Waals surface area contributed by atoms with Gasteiger partial charge in [-0.2, -0.15) is 0 Å². The molecule has 0 fully saturated rings. The fraction of sp³-hybridized carbons (Fsp3) is 0.143. The third-order valence-corrected chi connectivity index (χ3v) is 3.82. The summed E-state index contributed by atoms with van der Waals surface area (Å²) in [5.74, 6) is -1.26. The van der Waals surface area contributed by atoms with Gasteiger partial charge in [0, 0.05) is 12.5 Å². The molecule has 0 aliphatic carbocycles. The van der Waals surface area contributed by atoms with Crippen LogP contribution in [0.3, 0.4) is 0 Å². The van der Waals surface area contributed by atoms with E-state index in [4.69, 9.17) is 9.84 Å². The zero-order valence-electron chi connectivity index (χ0n) is 11.4. The Labute approximate surface area is 121 Å². The lowest BCUT2D eigenvalue weighted by atomic mass is 10.1. The van der Waals surface area contributed by atoms with E-state index in [1.807, 2.05) is 0 Å². The molecule has 0 saturated carbocycles. The largest absolute Gasteiger partial charge is 0.478 e. The van der Waals surface area contributed by atoms with Gasteiger partial charge in [-0.05, 0) is 36.8 Å². The minimum absolute atomic E-state index is 0.0473. The number of hydrogen-bond acceptors (Lipinski definition) is 5. The molecule has 6 nitrogen and oxygen atoms in total. The standard InChI is InChI=1S/C14H13NO5S/c1-9-5-6-10(14(16)17)11(8-9)20-13-12(21(2,18)19)4-3-7-15-13/h3-8H,1-2H3,(H,16,17). The molecule has 0 unspecified atom stereocenters. The van der Waals surface area contributed by atoms with Crippen molar-refractivity contribution in [1.29, 1.82) is 0 Å². The Morgan fingerprint density at radius 3 is 2.62 bits per heavy atom. The second-order valence-electron chi connectivity index (χ2n) is 4.49. The van der Waals surface area contributed by atoms with E-state index in [0.29, 0.717) is 0 Å². The zero-order chi connectivity index (χ0) is 15.6. The van der Waals surface area contributed by atoms with Crippen LogP contribution in [0.2, 0.25) is 0 Å². The van der Waals surface area contributed by atoms with Crippen molar-refractivity contribution in [2.75, 3.05) is 6.26 Å². The lowest BCUT2D eigenvalue weighted by Crippen LogP contribution is -2.05. The summed E-state index contributed by atoms with van der Waals surface area (Å²) in [4.78, 5) is 15.0. The number of aromatic nitrogens is 1. The summed E-state index contributed by atoms with van der Waals surface area (Å²) in [6, 6.07) is 7.37. The Hall–Kier alpha value is -2.41. The van der Waals surface area contributed by atoms with Gasteiger partial charge in [0.05, 0.1) is 0 Å². The molecule has 1 heterocycles. The molecule has 0 saturated heterocycles. The molecule has 0 spiro atoms. The molecular formula is C14H13NO5S. The number of benzene rings is 1. The first-order valence-electron chi connectivity index (χ1n) is 5.96. The molecule has 0 aliphatic heterocycles. The van der Waals surface area contributed by atoms with E-state index in [2.05, 4.69) is 4.98 Å². The van der Waals surface area contributed by atoms with Crippen molar-refractivity contribution in [2.24, 2.45) is 0 Å². The molecular weight excluding hydrogens is 294 g/mol. The van der Waals surface area contributed by atoms with E-state index in [0.717, 1.165) is 11.8 Å². The molecule has 7 heteroatoms. The first kappa shape index (κ1) is 15.0. The SMILES string of the molecule is Cc1ccc(C(=O)O)c(Oc2ncccc2S(C)(=O)=O)c1. The van der Waals surface area contributed by atoms with Crippen LogP contribution in [0.5, 0.6) is 11.6 Å². The van der Waals surface area contributed by atoms with Crippen LogP contribution in [-0.4, -0.2) is 30.7 Å². The van der Waals surface area contributed by atoms with Gasteiger partial charge < -0.3 is 9.84 Å². The molecule has 0 bridgehead atoms. The van der Waals surface area contributed by atoms with E-state index in [1.165, 1.54) is 30.5 Å². The second-order valence-corrected chi connectivity index (χ2v) is 6.47. The average molecular weight is 307 g/mol. The molecule has 1 aromatic carbocycles. The highest BCUT2D eigenvalue weighted by atomic mass is 32.2. The molecule has 0 aliphatic rings. The number of hydrogen-bond donors (Lipinski definition) is 1. The number of carboxylic acid groups (broad SMARTS) is 1. The number of sulfone groups is 1. The van der Waals surface area contributed by atoms with Gasteiger partial charge in [0.15, 0.2) is 9.84 Å². The second kappa shape index (κ2) is 5.53. The fourth-order valence-corrected chi connectivity index (χ4v) is 2.47. The third kappa shape index (κ3) is 3.38. The number of aromatic carboxylic acids is 1. The van der Waals surface area contributed by atoms with E-state index in [1.54, 1.807) is 13.0 Å². The molecule has 2 aromatic rings. The Morgan fingerprint density at radius 2 is 2.00 bits per heavy atom. The maximum absolute atomic E-state index is 11.7. The van der Waals surface area contributed by atoms with Crippen LogP contribution >= 0.6 is 0 Å². The van der Waals surface area contributed by atoms with E-state index < -0.39 is 15.8 Å². The summed E-state index contributed by atoms with van der Waals surface area (Å²) in [6.07, 6.45) is 2.41.